The van der Waals surface area contributed by atoms with E-state index in [9.17, 15) is 0 Å². The maximum absolute atomic E-state index is 5.91. The Morgan fingerprint density at radius 2 is 2.31 bits per heavy atom. The smallest absolute Gasteiger partial charge is 0.237 e. The number of nitrogens with one attached hydrogen (secondary N) is 1. The van der Waals surface area contributed by atoms with E-state index in [2.05, 4.69) is 15.7 Å². The molecule has 0 bridgehead atoms. The van der Waals surface area contributed by atoms with Gasteiger partial charge in [0, 0.05) is 10.6 Å². The van der Waals surface area contributed by atoms with Crippen LogP contribution in [0.5, 0.6) is 0 Å². The first-order valence-electron chi connectivity index (χ1n) is 4.73. The molecule has 0 atom stereocenters. The van der Waals surface area contributed by atoms with Gasteiger partial charge >= 0.3 is 0 Å². The Kier molecular flexibility index (Phi) is 5.31. The molecule has 6 heteroatoms. The third-order valence-electron chi connectivity index (χ3n) is 1.59. The zero-order valence-corrected chi connectivity index (χ0v) is 9.61. The summed E-state index contributed by atoms with van der Waals surface area (Å²) >= 11 is 5.91. The maximum atomic E-state index is 5.91. The predicted octanol–water partition coefficient (Wildman–Crippen LogP) is 1.53. The molecular weight excluding hydrogens is 228 g/mol. The Bertz CT molecular complexity index is 392. The van der Waals surface area contributed by atoms with Crippen molar-refractivity contribution in [1.82, 2.24) is 5.48 Å². The summed E-state index contributed by atoms with van der Waals surface area (Å²) < 4.78 is 0. The summed E-state index contributed by atoms with van der Waals surface area (Å²) in [7, 11) is 0. The lowest BCUT2D eigenvalue weighted by atomic mass is 10.2. The number of hydrogen-bond acceptors (Lipinski definition) is 3. The lowest BCUT2D eigenvalue weighted by Crippen LogP contribution is -2.31. The molecule has 3 N–H and O–H groups in total. The summed E-state index contributed by atoms with van der Waals surface area (Å²) in [5.41, 5.74) is 8.62. The molecule has 0 aliphatic rings. The Morgan fingerprint density at radius 3 is 3.00 bits per heavy atom. The van der Waals surface area contributed by atoms with Gasteiger partial charge in [0.1, 0.15) is 0 Å². The van der Waals surface area contributed by atoms with E-state index in [0.717, 1.165) is 5.56 Å². The SMILES string of the molecule is CCON/C(N)=N\N=Cc1ccccc1Cl. The minimum Gasteiger partial charge on any atom is -0.367 e. The molecule has 0 aliphatic carbocycles. The summed E-state index contributed by atoms with van der Waals surface area (Å²) in [6, 6.07) is 7.30. The highest BCUT2D eigenvalue weighted by atomic mass is 35.5. The third-order valence-corrected chi connectivity index (χ3v) is 1.93. The summed E-state index contributed by atoms with van der Waals surface area (Å²) in [4.78, 5) is 4.82. The second kappa shape index (κ2) is 6.81. The molecule has 0 radical (unpaired) electrons. The number of guanidine groups is 1. The predicted molar refractivity (Wildman–Crippen MR) is 65.4 cm³/mol. The molecule has 0 spiro atoms. The van der Waals surface area contributed by atoms with Gasteiger partial charge in [-0.3, -0.25) is 4.84 Å². The van der Waals surface area contributed by atoms with Crippen molar-refractivity contribution >= 4 is 23.8 Å². The van der Waals surface area contributed by atoms with E-state index >= 15 is 0 Å². The van der Waals surface area contributed by atoms with Crippen LogP contribution in [0.3, 0.4) is 0 Å². The van der Waals surface area contributed by atoms with Crippen LogP contribution < -0.4 is 11.2 Å². The van der Waals surface area contributed by atoms with E-state index in [1.54, 1.807) is 6.07 Å². The van der Waals surface area contributed by atoms with Gasteiger partial charge in [0.15, 0.2) is 0 Å². The Morgan fingerprint density at radius 1 is 1.56 bits per heavy atom. The summed E-state index contributed by atoms with van der Waals surface area (Å²) in [6.45, 7) is 2.32. The Balaban J connectivity index is 2.57. The monoisotopic (exact) mass is 240 g/mol. The fourth-order valence-electron chi connectivity index (χ4n) is 0.900. The summed E-state index contributed by atoms with van der Waals surface area (Å²) in [6.07, 6.45) is 1.52. The van der Waals surface area contributed by atoms with E-state index in [1.165, 1.54) is 6.21 Å². The van der Waals surface area contributed by atoms with Crippen LogP contribution >= 0.6 is 11.6 Å². The van der Waals surface area contributed by atoms with Crippen LogP contribution in [0.1, 0.15) is 12.5 Å². The van der Waals surface area contributed by atoms with E-state index in [0.29, 0.717) is 11.6 Å². The van der Waals surface area contributed by atoms with Gasteiger partial charge in [-0.1, -0.05) is 29.8 Å². The standard InChI is InChI=1S/C10H13ClN4O/c1-2-16-15-10(12)14-13-7-8-5-3-4-6-9(8)11/h3-7H,2H2,1H3,(H3,12,14,15). The van der Waals surface area contributed by atoms with Crippen molar-refractivity contribution in [3.63, 3.8) is 0 Å². The second-order valence-corrected chi connectivity index (χ2v) is 3.19. The highest BCUT2D eigenvalue weighted by Gasteiger charge is 1.93. The average molecular weight is 241 g/mol. The third kappa shape index (κ3) is 4.29. The van der Waals surface area contributed by atoms with E-state index in [4.69, 9.17) is 22.2 Å². The number of rotatable bonds is 4. The fourth-order valence-corrected chi connectivity index (χ4v) is 1.08. The Labute approximate surface area is 98.9 Å². The van der Waals surface area contributed by atoms with Gasteiger partial charge in [0.2, 0.25) is 5.96 Å². The quantitative estimate of drug-likeness (QED) is 0.476. The van der Waals surface area contributed by atoms with Crippen molar-refractivity contribution in [3.05, 3.63) is 34.9 Å². The first kappa shape index (κ1) is 12.5. The van der Waals surface area contributed by atoms with Crippen molar-refractivity contribution in [2.75, 3.05) is 6.61 Å². The first-order valence-corrected chi connectivity index (χ1v) is 5.10. The normalized spacial score (nSPS) is 12.0. The van der Waals surface area contributed by atoms with Crippen LogP contribution in [0.15, 0.2) is 34.5 Å². The van der Waals surface area contributed by atoms with Crippen molar-refractivity contribution < 1.29 is 4.84 Å². The molecule has 0 fully saturated rings. The molecule has 16 heavy (non-hydrogen) atoms. The molecule has 0 amide bonds. The van der Waals surface area contributed by atoms with E-state index in [1.807, 2.05) is 25.1 Å². The maximum Gasteiger partial charge on any atom is 0.237 e. The number of halogens is 1. The van der Waals surface area contributed by atoms with Crippen LogP contribution in [0.25, 0.3) is 0 Å². The van der Waals surface area contributed by atoms with Crippen LogP contribution in [0, 0.1) is 0 Å². The molecule has 0 aromatic heterocycles. The van der Waals surface area contributed by atoms with Gasteiger partial charge in [-0.15, -0.1) is 5.10 Å². The van der Waals surface area contributed by atoms with Crippen LogP contribution in [-0.4, -0.2) is 18.8 Å². The second-order valence-electron chi connectivity index (χ2n) is 2.79. The van der Waals surface area contributed by atoms with Crippen LogP contribution in [0.2, 0.25) is 5.02 Å². The molecule has 1 aromatic rings. The molecule has 0 saturated heterocycles. The van der Waals surface area contributed by atoms with E-state index in [-0.39, 0.29) is 5.96 Å². The lowest BCUT2D eigenvalue weighted by Gasteiger charge is -2.00. The topological polar surface area (TPSA) is 72.0 Å². The van der Waals surface area contributed by atoms with Gasteiger partial charge in [-0.05, 0) is 13.0 Å². The minimum absolute atomic E-state index is 0.0881. The molecule has 1 rings (SSSR count). The zero-order valence-electron chi connectivity index (χ0n) is 8.85. The van der Waals surface area contributed by atoms with Gasteiger partial charge in [-0.2, -0.15) is 5.10 Å². The van der Waals surface area contributed by atoms with Crippen molar-refractivity contribution in [2.45, 2.75) is 6.92 Å². The lowest BCUT2D eigenvalue weighted by molar-refractivity contribution is 0.0958. The largest absolute Gasteiger partial charge is 0.367 e. The first-order chi connectivity index (χ1) is 7.74. The summed E-state index contributed by atoms with van der Waals surface area (Å²) in [5, 5.41) is 8.04. The highest BCUT2D eigenvalue weighted by Crippen LogP contribution is 2.12. The molecular formula is C10H13ClN4O. The molecule has 5 nitrogen and oxygen atoms in total. The average Bonchev–Trinajstić information content (AvgIpc) is 2.29. The van der Waals surface area contributed by atoms with Crippen molar-refractivity contribution in [1.29, 1.82) is 0 Å². The number of nitrogens with two attached hydrogens (primary N) is 1. The molecule has 86 valence electrons. The summed E-state index contributed by atoms with van der Waals surface area (Å²) in [5.74, 6) is 0.0881. The van der Waals surface area contributed by atoms with E-state index < -0.39 is 0 Å². The van der Waals surface area contributed by atoms with Gasteiger partial charge in [0.25, 0.3) is 0 Å². The molecule has 0 heterocycles. The fraction of sp³-hybridized carbons (Fsp3) is 0.200. The highest BCUT2D eigenvalue weighted by molar-refractivity contribution is 6.33. The van der Waals surface area contributed by atoms with Crippen LogP contribution in [-0.2, 0) is 4.84 Å². The van der Waals surface area contributed by atoms with Gasteiger partial charge in [-0.25, -0.2) is 5.48 Å². The zero-order chi connectivity index (χ0) is 11.8. The number of benzene rings is 1. The molecule has 0 unspecified atom stereocenters. The molecule has 0 saturated carbocycles. The molecule has 1 aromatic carbocycles. The van der Waals surface area contributed by atoms with Crippen LogP contribution in [0.4, 0.5) is 0 Å². The number of hydrogen-bond donors (Lipinski definition) is 2. The minimum atomic E-state index is 0.0881. The Hall–Kier alpha value is -1.59. The molecule has 0 aliphatic heterocycles. The number of nitrogens with zero attached hydrogens (tertiary/aromatic N) is 2. The number of hydroxylamine groups is 1. The van der Waals surface area contributed by atoms with Crippen molar-refractivity contribution in [3.8, 4) is 0 Å². The van der Waals surface area contributed by atoms with Gasteiger partial charge < -0.3 is 5.73 Å². The van der Waals surface area contributed by atoms with Crippen molar-refractivity contribution in [2.24, 2.45) is 15.9 Å². The van der Waals surface area contributed by atoms with Gasteiger partial charge in [0.05, 0.1) is 12.8 Å².